The predicted octanol–water partition coefficient (Wildman–Crippen LogP) is 1.90. The molecule has 2 aromatic heterocycles. The normalized spacial score (nSPS) is 20.4. The lowest BCUT2D eigenvalue weighted by molar-refractivity contribution is -0.128. The fraction of sp³-hybridized carbons (Fsp3) is 0.333. The topological polar surface area (TPSA) is 49.0 Å². The third kappa shape index (κ3) is 2.00. The number of carbonyl (C=O) groups excluding carboxylic acids is 1. The molecule has 0 saturated carbocycles. The molecule has 3 heterocycles. The number of alkyl halides is 1. The van der Waals surface area contributed by atoms with Gasteiger partial charge in [-0.25, -0.2) is 4.98 Å². The van der Waals surface area contributed by atoms with Crippen molar-refractivity contribution >= 4 is 28.5 Å². The van der Waals surface area contributed by atoms with Crippen LogP contribution in [0.2, 0.25) is 0 Å². The second kappa shape index (κ2) is 4.04. The van der Waals surface area contributed by atoms with Crippen molar-refractivity contribution in [3.05, 3.63) is 30.1 Å². The highest BCUT2D eigenvalue weighted by Crippen LogP contribution is 2.20. The van der Waals surface area contributed by atoms with Gasteiger partial charge in [0, 0.05) is 37.3 Å². The minimum atomic E-state index is -0.0496. The van der Waals surface area contributed by atoms with Gasteiger partial charge in [0.15, 0.2) is 0 Å². The lowest BCUT2D eigenvalue weighted by Gasteiger charge is -2.15. The zero-order chi connectivity index (χ0) is 11.8. The minimum Gasteiger partial charge on any atom is -0.346 e. The summed E-state index contributed by atoms with van der Waals surface area (Å²) < 4.78 is 0. The highest BCUT2D eigenvalue weighted by Gasteiger charge is 2.27. The Hall–Kier alpha value is -1.55. The Morgan fingerprint density at radius 1 is 1.59 bits per heavy atom. The van der Waals surface area contributed by atoms with Crippen LogP contribution in [0.3, 0.4) is 0 Å². The fourth-order valence-corrected chi connectivity index (χ4v) is 2.47. The van der Waals surface area contributed by atoms with Gasteiger partial charge in [-0.2, -0.15) is 0 Å². The number of nitrogens with one attached hydrogen (secondary N) is 1. The van der Waals surface area contributed by atoms with E-state index in [0.717, 1.165) is 16.6 Å². The number of H-pyrrole nitrogens is 1. The summed E-state index contributed by atoms with van der Waals surface area (Å²) in [4.78, 5) is 20.7. The van der Waals surface area contributed by atoms with Crippen LogP contribution in [0.1, 0.15) is 12.0 Å². The van der Waals surface area contributed by atoms with Gasteiger partial charge in [0.2, 0.25) is 5.91 Å². The molecule has 0 aromatic carbocycles. The van der Waals surface area contributed by atoms with E-state index in [1.54, 1.807) is 11.1 Å². The van der Waals surface area contributed by atoms with Gasteiger partial charge in [-0.3, -0.25) is 4.79 Å². The first kappa shape index (κ1) is 10.6. The molecular weight excluding hydrogens is 238 g/mol. The number of carbonyl (C=O) groups is 1. The lowest BCUT2D eigenvalue weighted by atomic mass is 10.2. The summed E-state index contributed by atoms with van der Waals surface area (Å²) in [6.45, 7) is 1.22. The molecule has 4 nitrogen and oxygen atoms in total. The van der Waals surface area contributed by atoms with Crippen molar-refractivity contribution in [1.82, 2.24) is 14.9 Å². The van der Waals surface area contributed by atoms with Crippen molar-refractivity contribution < 1.29 is 4.79 Å². The van der Waals surface area contributed by atoms with E-state index >= 15 is 0 Å². The summed E-state index contributed by atoms with van der Waals surface area (Å²) in [5, 5.41) is 1.02. The average molecular weight is 250 g/mol. The standard InChI is InChI=1S/C12H12ClN3O/c13-10-4-11(17)16(7-10)6-8-3-9-1-2-14-12(9)15-5-8/h1-3,5,10H,4,6-7H2,(H,14,15). The van der Waals surface area contributed by atoms with E-state index in [-0.39, 0.29) is 11.3 Å². The zero-order valence-electron chi connectivity index (χ0n) is 9.19. The number of likely N-dealkylation sites (tertiary alicyclic amines) is 1. The van der Waals surface area contributed by atoms with Gasteiger partial charge in [0.05, 0.1) is 5.38 Å². The number of aromatic amines is 1. The summed E-state index contributed by atoms with van der Waals surface area (Å²) in [7, 11) is 0. The van der Waals surface area contributed by atoms with Gasteiger partial charge in [-0.05, 0) is 17.7 Å². The smallest absolute Gasteiger partial charge is 0.224 e. The van der Waals surface area contributed by atoms with Crippen molar-refractivity contribution in [2.24, 2.45) is 0 Å². The van der Waals surface area contributed by atoms with Crippen LogP contribution < -0.4 is 0 Å². The molecule has 1 amide bonds. The quantitative estimate of drug-likeness (QED) is 0.827. The third-order valence-corrected chi connectivity index (χ3v) is 3.29. The number of hydrogen-bond acceptors (Lipinski definition) is 2. The molecule has 2 aromatic rings. The van der Waals surface area contributed by atoms with Crippen LogP contribution in [0.5, 0.6) is 0 Å². The van der Waals surface area contributed by atoms with Gasteiger partial charge < -0.3 is 9.88 Å². The first-order valence-corrected chi connectivity index (χ1v) is 6.00. The SMILES string of the molecule is O=C1CC(Cl)CN1Cc1cnc2[nH]ccc2c1. The number of aromatic nitrogens is 2. The Balaban J connectivity index is 1.82. The molecule has 3 rings (SSSR count). The van der Waals surface area contributed by atoms with Crippen molar-refractivity contribution in [1.29, 1.82) is 0 Å². The Morgan fingerprint density at radius 3 is 3.24 bits per heavy atom. The average Bonchev–Trinajstić information content (AvgIpc) is 2.85. The highest BCUT2D eigenvalue weighted by molar-refractivity contribution is 6.22. The van der Waals surface area contributed by atoms with Crippen LogP contribution in [0.4, 0.5) is 0 Å². The Morgan fingerprint density at radius 2 is 2.47 bits per heavy atom. The Kier molecular flexibility index (Phi) is 2.52. The molecule has 0 bridgehead atoms. The van der Waals surface area contributed by atoms with Crippen molar-refractivity contribution in [3.63, 3.8) is 0 Å². The molecular formula is C12H12ClN3O. The van der Waals surface area contributed by atoms with E-state index in [9.17, 15) is 4.79 Å². The molecule has 1 fully saturated rings. The van der Waals surface area contributed by atoms with E-state index in [0.29, 0.717) is 19.5 Å². The monoisotopic (exact) mass is 249 g/mol. The maximum Gasteiger partial charge on any atom is 0.224 e. The van der Waals surface area contributed by atoms with Crippen LogP contribution in [0.25, 0.3) is 11.0 Å². The number of nitrogens with zero attached hydrogens (tertiary/aromatic N) is 2. The maximum atomic E-state index is 11.6. The largest absolute Gasteiger partial charge is 0.346 e. The first-order chi connectivity index (χ1) is 8.22. The molecule has 5 heteroatoms. The van der Waals surface area contributed by atoms with E-state index in [4.69, 9.17) is 11.6 Å². The van der Waals surface area contributed by atoms with Crippen molar-refractivity contribution in [2.45, 2.75) is 18.3 Å². The molecule has 1 atom stereocenters. The maximum absolute atomic E-state index is 11.6. The second-order valence-corrected chi connectivity index (χ2v) is 4.95. The van der Waals surface area contributed by atoms with Gasteiger partial charge in [0.1, 0.15) is 5.65 Å². The lowest BCUT2D eigenvalue weighted by Crippen LogP contribution is -2.24. The van der Waals surface area contributed by atoms with Crippen LogP contribution >= 0.6 is 11.6 Å². The third-order valence-electron chi connectivity index (χ3n) is 3.00. The van der Waals surface area contributed by atoms with E-state index < -0.39 is 0 Å². The molecule has 88 valence electrons. The summed E-state index contributed by atoms with van der Waals surface area (Å²) in [6, 6.07) is 4.02. The number of fused-ring (bicyclic) bond motifs is 1. The van der Waals surface area contributed by atoms with Gasteiger partial charge in [0.25, 0.3) is 0 Å². The van der Waals surface area contributed by atoms with Crippen LogP contribution in [0, 0.1) is 0 Å². The van der Waals surface area contributed by atoms with E-state index in [2.05, 4.69) is 9.97 Å². The summed E-state index contributed by atoms with van der Waals surface area (Å²) in [6.07, 6.45) is 4.10. The van der Waals surface area contributed by atoms with Gasteiger partial charge in [-0.1, -0.05) is 0 Å². The molecule has 1 unspecified atom stereocenters. The number of amides is 1. The summed E-state index contributed by atoms with van der Waals surface area (Å²) >= 11 is 5.96. The predicted molar refractivity (Wildman–Crippen MR) is 65.8 cm³/mol. The number of pyridine rings is 1. The highest BCUT2D eigenvalue weighted by atomic mass is 35.5. The Labute approximate surface area is 104 Å². The van der Waals surface area contributed by atoms with E-state index in [1.807, 2.05) is 18.3 Å². The van der Waals surface area contributed by atoms with Crippen LogP contribution in [-0.4, -0.2) is 32.7 Å². The fourth-order valence-electron chi connectivity index (χ4n) is 2.17. The van der Waals surface area contributed by atoms with Crippen molar-refractivity contribution in [3.8, 4) is 0 Å². The second-order valence-electron chi connectivity index (χ2n) is 4.33. The number of halogens is 1. The molecule has 17 heavy (non-hydrogen) atoms. The molecule has 1 aliphatic heterocycles. The molecule has 0 spiro atoms. The summed E-state index contributed by atoms with van der Waals surface area (Å²) in [5.74, 6) is 0.124. The Bertz CT molecular complexity index is 566. The summed E-state index contributed by atoms with van der Waals surface area (Å²) in [5.41, 5.74) is 1.91. The van der Waals surface area contributed by atoms with E-state index in [1.165, 1.54) is 0 Å². The minimum absolute atomic E-state index is 0.0496. The molecule has 0 radical (unpaired) electrons. The number of rotatable bonds is 2. The molecule has 1 N–H and O–H groups in total. The number of hydrogen-bond donors (Lipinski definition) is 1. The van der Waals surface area contributed by atoms with Crippen LogP contribution in [0.15, 0.2) is 24.5 Å². The van der Waals surface area contributed by atoms with Crippen LogP contribution in [-0.2, 0) is 11.3 Å². The zero-order valence-corrected chi connectivity index (χ0v) is 9.94. The van der Waals surface area contributed by atoms with Gasteiger partial charge >= 0.3 is 0 Å². The van der Waals surface area contributed by atoms with Gasteiger partial charge in [-0.15, -0.1) is 11.6 Å². The first-order valence-electron chi connectivity index (χ1n) is 5.56. The van der Waals surface area contributed by atoms with Crippen molar-refractivity contribution in [2.75, 3.05) is 6.54 Å². The molecule has 1 aliphatic rings. The molecule has 1 saturated heterocycles. The molecule has 0 aliphatic carbocycles.